The van der Waals surface area contributed by atoms with Gasteiger partial charge in [-0.05, 0) is 30.3 Å². The molecule has 0 heterocycles. The van der Waals surface area contributed by atoms with Crippen molar-refractivity contribution >= 4 is 29.3 Å². The first kappa shape index (κ1) is 13.0. The van der Waals surface area contributed by atoms with Crippen LogP contribution in [0.3, 0.4) is 0 Å². The summed E-state index contributed by atoms with van der Waals surface area (Å²) in [4.78, 5) is 13.6. The molecular weight excluding hydrogens is 268 g/mol. The Kier molecular flexibility index (Phi) is 4.28. The second kappa shape index (κ2) is 5.94. The fourth-order valence-corrected chi connectivity index (χ4v) is 2.58. The molecule has 92 valence electrons. The molecule has 4 heteroatoms. The Labute approximate surface area is 115 Å². The summed E-state index contributed by atoms with van der Waals surface area (Å²) >= 11 is 7.41. The average Bonchev–Trinajstić information content (AvgIpc) is 2.41. The van der Waals surface area contributed by atoms with Crippen molar-refractivity contribution in [2.45, 2.75) is 9.79 Å². The summed E-state index contributed by atoms with van der Waals surface area (Å²) in [7, 11) is 1.36. The average molecular weight is 279 g/mol. The van der Waals surface area contributed by atoms with Crippen LogP contribution in [0.5, 0.6) is 0 Å². The maximum Gasteiger partial charge on any atom is 0.339 e. The van der Waals surface area contributed by atoms with Crippen LogP contribution in [0.4, 0.5) is 0 Å². The van der Waals surface area contributed by atoms with E-state index in [-0.39, 0.29) is 5.97 Å². The van der Waals surface area contributed by atoms with E-state index in [4.69, 9.17) is 16.3 Å². The second-order valence-corrected chi connectivity index (χ2v) is 5.10. The van der Waals surface area contributed by atoms with Crippen LogP contribution in [-0.2, 0) is 4.74 Å². The Hall–Kier alpha value is -1.45. The highest BCUT2D eigenvalue weighted by atomic mass is 35.5. The Balaban J connectivity index is 2.35. The Morgan fingerprint density at radius 2 is 1.89 bits per heavy atom. The van der Waals surface area contributed by atoms with Gasteiger partial charge in [0.25, 0.3) is 0 Å². The van der Waals surface area contributed by atoms with Crippen LogP contribution >= 0.6 is 23.4 Å². The fourth-order valence-electron chi connectivity index (χ4n) is 1.48. The molecule has 0 bridgehead atoms. The molecule has 0 aliphatic heterocycles. The third-order valence-corrected chi connectivity index (χ3v) is 3.64. The predicted octanol–water partition coefficient (Wildman–Crippen LogP) is 4.28. The van der Waals surface area contributed by atoms with E-state index in [1.807, 2.05) is 36.4 Å². The lowest BCUT2D eigenvalue weighted by Crippen LogP contribution is -2.02. The van der Waals surface area contributed by atoms with E-state index in [2.05, 4.69) is 0 Å². The number of halogens is 1. The molecule has 0 N–H and O–H groups in total. The van der Waals surface area contributed by atoms with Crippen molar-refractivity contribution in [2.24, 2.45) is 0 Å². The van der Waals surface area contributed by atoms with Gasteiger partial charge in [0.15, 0.2) is 0 Å². The van der Waals surface area contributed by atoms with Gasteiger partial charge in [0.05, 0.1) is 12.7 Å². The highest BCUT2D eigenvalue weighted by molar-refractivity contribution is 7.99. The van der Waals surface area contributed by atoms with Crippen LogP contribution in [0.15, 0.2) is 58.3 Å². The van der Waals surface area contributed by atoms with E-state index in [0.29, 0.717) is 10.6 Å². The predicted molar refractivity (Wildman–Crippen MR) is 73.4 cm³/mol. The molecule has 0 spiro atoms. The molecule has 0 unspecified atom stereocenters. The number of esters is 1. The molecule has 0 amide bonds. The van der Waals surface area contributed by atoms with Gasteiger partial charge >= 0.3 is 5.97 Å². The maximum atomic E-state index is 11.7. The third kappa shape index (κ3) is 3.06. The van der Waals surface area contributed by atoms with Crippen molar-refractivity contribution in [1.82, 2.24) is 0 Å². The van der Waals surface area contributed by atoms with Gasteiger partial charge in [-0.15, -0.1) is 0 Å². The highest BCUT2D eigenvalue weighted by Crippen LogP contribution is 2.32. The maximum absolute atomic E-state index is 11.7. The fraction of sp³-hybridized carbons (Fsp3) is 0.0714. The van der Waals surface area contributed by atoms with E-state index in [0.717, 1.165) is 9.79 Å². The van der Waals surface area contributed by atoms with Crippen LogP contribution in [0.2, 0.25) is 5.02 Å². The van der Waals surface area contributed by atoms with Gasteiger partial charge in [-0.1, -0.05) is 41.6 Å². The van der Waals surface area contributed by atoms with Crippen molar-refractivity contribution in [3.63, 3.8) is 0 Å². The number of hydrogen-bond donors (Lipinski definition) is 0. The molecular formula is C14H11ClO2S. The quantitative estimate of drug-likeness (QED) is 0.784. The number of carbonyl (C=O) groups excluding carboxylic acids is 1. The summed E-state index contributed by atoms with van der Waals surface area (Å²) in [6, 6.07) is 15.0. The molecule has 2 aromatic carbocycles. The molecule has 2 rings (SSSR count). The first-order chi connectivity index (χ1) is 8.70. The third-order valence-electron chi connectivity index (χ3n) is 2.32. The molecule has 2 aromatic rings. The first-order valence-electron chi connectivity index (χ1n) is 5.31. The molecule has 0 saturated heterocycles. The van der Waals surface area contributed by atoms with Gasteiger partial charge in [-0.25, -0.2) is 4.79 Å². The molecule has 0 fully saturated rings. The molecule has 0 aliphatic carbocycles. The van der Waals surface area contributed by atoms with Gasteiger partial charge in [0, 0.05) is 14.8 Å². The Bertz CT molecular complexity index is 555. The summed E-state index contributed by atoms with van der Waals surface area (Å²) in [6.45, 7) is 0. The van der Waals surface area contributed by atoms with Crippen molar-refractivity contribution in [2.75, 3.05) is 7.11 Å². The van der Waals surface area contributed by atoms with E-state index >= 15 is 0 Å². The van der Waals surface area contributed by atoms with E-state index in [9.17, 15) is 4.79 Å². The molecule has 0 aromatic heterocycles. The van der Waals surface area contributed by atoms with Gasteiger partial charge < -0.3 is 4.74 Å². The molecule has 0 radical (unpaired) electrons. The van der Waals surface area contributed by atoms with Crippen molar-refractivity contribution in [1.29, 1.82) is 0 Å². The van der Waals surface area contributed by atoms with Gasteiger partial charge in [0.2, 0.25) is 0 Å². The Morgan fingerprint density at radius 1 is 1.17 bits per heavy atom. The lowest BCUT2D eigenvalue weighted by atomic mass is 10.2. The number of hydrogen-bond acceptors (Lipinski definition) is 3. The van der Waals surface area contributed by atoms with E-state index in [1.54, 1.807) is 12.1 Å². The number of ether oxygens (including phenoxy) is 1. The minimum Gasteiger partial charge on any atom is -0.465 e. The molecule has 0 aliphatic rings. The zero-order valence-electron chi connectivity index (χ0n) is 9.72. The minimum atomic E-state index is -0.379. The number of rotatable bonds is 3. The smallest absolute Gasteiger partial charge is 0.339 e. The zero-order valence-corrected chi connectivity index (χ0v) is 11.3. The van der Waals surface area contributed by atoms with E-state index in [1.165, 1.54) is 18.9 Å². The molecule has 0 saturated carbocycles. The van der Waals surface area contributed by atoms with Crippen molar-refractivity contribution in [3.05, 3.63) is 59.1 Å². The monoisotopic (exact) mass is 278 g/mol. The Morgan fingerprint density at radius 3 is 2.56 bits per heavy atom. The number of benzene rings is 2. The summed E-state index contributed by atoms with van der Waals surface area (Å²) in [5.41, 5.74) is 0.485. The van der Waals surface area contributed by atoms with Gasteiger partial charge in [-0.2, -0.15) is 0 Å². The number of methoxy groups -OCH3 is 1. The minimum absolute atomic E-state index is 0.379. The van der Waals surface area contributed by atoms with Crippen molar-refractivity contribution < 1.29 is 9.53 Å². The summed E-state index contributed by atoms with van der Waals surface area (Å²) < 4.78 is 4.76. The largest absolute Gasteiger partial charge is 0.465 e. The normalized spacial score (nSPS) is 10.1. The van der Waals surface area contributed by atoms with Gasteiger partial charge in [-0.3, -0.25) is 0 Å². The summed E-state index contributed by atoms with van der Waals surface area (Å²) in [5, 5.41) is 0.521. The van der Waals surface area contributed by atoms with Crippen LogP contribution in [0.1, 0.15) is 10.4 Å². The summed E-state index contributed by atoms with van der Waals surface area (Å²) in [6.07, 6.45) is 0. The first-order valence-corrected chi connectivity index (χ1v) is 6.51. The zero-order chi connectivity index (χ0) is 13.0. The van der Waals surface area contributed by atoms with Gasteiger partial charge in [0.1, 0.15) is 0 Å². The lowest BCUT2D eigenvalue weighted by Gasteiger charge is -2.08. The molecule has 2 nitrogen and oxygen atoms in total. The van der Waals surface area contributed by atoms with Crippen LogP contribution < -0.4 is 0 Å². The molecule has 18 heavy (non-hydrogen) atoms. The molecule has 0 atom stereocenters. The SMILES string of the molecule is COC(=O)c1cc(Cl)ccc1Sc1ccccc1. The second-order valence-electron chi connectivity index (χ2n) is 3.55. The van der Waals surface area contributed by atoms with E-state index < -0.39 is 0 Å². The number of carbonyl (C=O) groups is 1. The van der Waals surface area contributed by atoms with Crippen LogP contribution in [0, 0.1) is 0 Å². The highest BCUT2D eigenvalue weighted by Gasteiger charge is 2.13. The van der Waals surface area contributed by atoms with Crippen LogP contribution in [-0.4, -0.2) is 13.1 Å². The lowest BCUT2D eigenvalue weighted by molar-refractivity contribution is 0.0597. The van der Waals surface area contributed by atoms with Crippen LogP contribution in [0.25, 0.3) is 0 Å². The standard InChI is InChI=1S/C14H11ClO2S/c1-17-14(16)12-9-10(15)7-8-13(12)18-11-5-3-2-4-6-11/h2-9H,1H3. The van der Waals surface area contributed by atoms with Crippen molar-refractivity contribution in [3.8, 4) is 0 Å². The summed E-state index contributed by atoms with van der Waals surface area (Å²) in [5.74, 6) is -0.379. The topological polar surface area (TPSA) is 26.3 Å².